The van der Waals surface area contributed by atoms with Gasteiger partial charge in [-0.1, -0.05) is 48.5 Å². The second-order valence-electron chi connectivity index (χ2n) is 6.18. The van der Waals surface area contributed by atoms with Crippen LogP contribution in [-0.2, 0) is 22.4 Å². The van der Waals surface area contributed by atoms with Crippen LogP contribution in [0.15, 0.2) is 54.6 Å². The van der Waals surface area contributed by atoms with Crippen molar-refractivity contribution in [2.75, 3.05) is 13.6 Å². The lowest BCUT2D eigenvalue weighted by Gasteiger charge is -2.28. The van der Waals surface area contributed by atoms with Crippen LogP contribution in [0.5, 0.6) is 0 Å². The van der Waals surface area contributed by atoms with Crippen molar-refractivity contribution < 1.29 is 14.5 Å². The lowest BCUT2D eigenvalue weighted by atomic mass is 10.1. The van der Waals surface area contributed by atoms with Crippen molar-refractivity contribution in [2.45, 2.75) is 25.8 Å². The molecule has 0 heterocycles. The zero-order valence-electron chi connectivity index (χ0n) is 15.4. The number of nitro groups is 1. The van der Waals surface area contributed by atoms with Gasteiger partial charge in [0.05, 0.1) is 11.3 Å². The SMILES string of the molecule is CNC(=O)C(C)N(CCc1ccccc1)C(=O)Cc1ccccc1[N+](=O)[O-]. The summed E-state index contributed by atoms with van der Waals surface area (Å²) < 4.78 is 0. The van der Waals surface area contributed by atoms with E-state index in [0.29, 0.717) is 18.5 Å². The molecule has 0 aromatic heterocycles. The third-order valence-corrected chi connectivity index (χ3v) is 4.43. The zero-order valence-corrected chi connectivity index (χ0v) is 15.4. The quantitative estimate of drug-likeness (QED) is 0.571. The molecule has 7 heteroatoms. The molecule has 0 saturated carbocycles. The molecular weight excluding hydrogens is 346 g/mol. The highest BCUT2D eigenvalue weighted by molar-refractivity contribution is 5.88. The summed E-state index contributed by atoms with van der Waals surface area (Å²) in [5.74, 6) is -0.602. The Bertz CT molecular complexity index is 808. The molecule has 0 saturated heterocycles. The molecule has 2 aromatic rings. The van der Waals surface area contributed by atoms with Crippen LogP contribution >= 0.6 is 0 Å². The van der Waals surface area contributed by atoms with E-state index in [-0.39, 0.29) is 23.9 Å². The molecule has 27 heavy (non-hydrogen) atoms. The Morgan fingerprint density at radius 2 is 1.74 bits per heavy atom. The monoisotopic (exact) mass is 369 g/mol. The molecule has 2 amide bonds. The molecule has 7 nitrogen and oxygen atoms in total. The van der Waals surface area contributed by atoms with Crippen LogP contribution in [0.25, 0.3) is 0 Å². The molecule has 2 rings (SSSR count). The number of nitrogens with zero attached hydrogens (tertiary/aromatic N) is 2. The number of amides is 2. The van der Waals surface area contributed by atoms with E-state index in [0.717, 1.165) is 5.56 Å². The molecule has 2 aromatic carbocycles. The Morgan fingerprint density at radius 1 is 1.11 bits per heavy atom. The number of hydrogen-bond donors (Lipinski definition) is 1. The molecule has 0 aliphatic rings. The fourth-order valence-corrected chi connectivity index (χ4v) is 2.88. The molecule has 1 N–H and O–H groups in total. The smallest absolute Gasteiger partial charge is 0.273 e. The standard InChI is InChI=1S/C20H23N3O4/c1-15(20(25)21-2)22(13-12-16-8-4-3-5-9-16)19(24)14-17-10-6-7-11-18(17)23(26)27/h3-11,15H,12-14H2,1-2H3,(H,21,25). The highest BCUT2D eigenvalue weighted by Gasteiger charge is 2.26. The van der Waals surface area contributed by atoms with Gasteiger partial charge in [-0.25, -0.2) is 0 Å². The Morgan fingerprint density at radius 3 is 2.37 bits per heavy atom. The highest BCUT2D eigenvalue weighted by Crippen LogP contribution is 2.19. The molecular formula is C20H23N3O4. The number of hydrogen-bond acceptors (Lipinski definition) is 4. The first-order chi connectivity index (χ1) is 12.9. The van der Waals surface area contributed by atoms with E-state index >= 15 is 0 Å². The summed E-state index contributed by atoms with van der Waals surface area (Å²) in [6.45, 7) is 2.00. The van der Waals surface area contributed by atoms with Crippen molar-refractivity contribution in [1.29, 1.82) is 0 Å². The Labute approximate surface area is 158 Å². The van der Waals surface area contributed by atoms with Crippen molar-refractivity contribution in [3.05, 3.63) is 75.8 Å². The predicted octanol–water partition coefficient (Wildman–Crippen LogP) is 2.34. The number of carbonyl (C=O) groups excluding carboxylic acids is 2. The maximum Gasteiger partial charge on any atom is 0.273 e. The minimum Gasteiger partial charge on any atom is -0.357 e. The first-order valence-corrected chi connectivity index (χ1v) is 8.71. The maximum atomic E-state index is 12.9. The van der Waals surface area contributed by atoms with Gasteiger partial charge in [0.25, 0.3) is 5.69 Å². The Hall–Kier alpha value is -3.22. The van der Waals surface area contributed by atoms with Crippen molar-refractivity contribution in [2.24, 2.45) is 0 Å². The predicted molar refractivity (Wildman–Crippen MR) is 102 cm³/mol. The number of benzene rings is 2. The first-order valence-electron chi connectivity index (χ1n) is 8.71. The summed E-state index contributed by atoms with van der Waals surface area (Å²) in [4.78, 5) is 37.1. The van der Waals surface area contributed by atoms with Gasteiger partial charge in [-0.05, 0) is 18.9 Å². The Balaban J connectivity index is 2.20. The van der Waals surface area contributed by atoms with E-state index in [1.807, 2.05) is 30.3 Å². The third kappa shape index (κ3) is 5.37. The van der Waals surface area contributed by atoms with Gasteiger partial charge in [0.2, 0.25) is 11.8 Å². The van der Waals surface area contributed by atoms with Crippen LogP contribution in [0.3, 0.4) is 0 Å². The second-order valence-corrected chi connectivity index (χ2v) is 6.18. The van der Waals surface area contributed by atoms with E-state index in [2.05, 4.69) is 5.32 Å². The molecule has 0 spiro atoms. The van der Waals surface area contributed by atoms with Crippen molar-refractivity contribution in [3.63, 3.8) is 0 Å². The molecule has 0 aliphatic heterocycles. The first kappa shape index (κ1) is 20.1. The summed E-state index contributed by atoms with van der Waals surface area (Å²) in [5.41, 5.74) is 1.29. The minimum atomic E-state index is -0.672. The Kier molecular flexibility index (Phi) is 7.05. The van der Waals surface area contributed by atoms with Crippen LogP contribution in [-0.4, -0.2) is 41.3 Å². The van der Waals surface area contributed by atoms with E-state index in [1.165, 1.54) is 18.0 Å². The van der Waals surface area contributed by atoms with Crippen molar-refractivity contribution >= 4 is 17.5 Å². The van der Waals surface area contributed by atoms with Crippen LogP contribution in [0.2, 0.25) is 0 Å². The maximum absolute atomic E-state index is 12.9. The van der Waals surface area contributed by atoms with E-state index < -0.39 is 11.0 Å². The average Bonchev–Trinajstić information content (AvgIpc) is 2.68. The van der Waals surface area contributed by atoms with E-state index in [4.69, 9.17) is 0 Å². The molecule has 0 radical (unpaired) electrons. The average molecular weight is 369 g/mol. The molecule has 0 fully saturated rings. The van der Waals surface area contributed by atoms with Gasteiger partial charge in [0, 0.05) is 25.2 Å². The number of para-hydroxylation sites is 1. The summed E-state index contributed by atoms with van der Waals surface area (Å²) in [7, 11) is 1.51. The topological polar surface area (TPSA) is 92.6 Å². The van der Waals surface area contributed by atoms with Gasteiger partial charge in [0.15, 0.2) is 0 Å². The molecule has 0 bridgehead atoms. The summed E-state index contributed by atoms with van der Waals surface area (Å²) in [6.07, 6.45) is 0.456. The number of rotatable bonds is 8. The number of nitro benzene ring substituents is 1. The van der Waals surface area contributed by atoms with Crippen molar-refractivity contribution in [1.82, 2.24) is 10.2 Å². The number of likely N-dealkylation sites (N-methyl/N-ethyl adjacent to an activating group) is 1. The third-order valence-electron chi connectivity index (χ3n) is 4.43. The zero-order chi connectivity index (χ0) is 19.8. The lowest BCUT2D eigenvalue weighted by molar-refractivity contribution is -0.385. The second kappa shape index (κ2) is 9.47. The van der Waals surface area contributed by atoms with Gasteiger partial charge >= 0.3 is 0 Å². The summed E-state index contributed by atoms with van der Waals surface area (Å²) >= 11 is 0. The fraction of sp³-hybridized carbons (Fsp3) is 0.300. The lowest BCUT2D eigenvalue weighted by Crippen LogP contribution is -2.48. The number of carbonyl (C=O) groups is 2. The van der Waals surface area contributed by atoms with Gasteiger partial charge in [-0.3, -0.25) is 19.7 Å². The van der Waals surface area contributed by atoms with Crippen LogP contribution in [0.1, 0.15) is 18.1 Å². The largest absolute Gasteiger partial charge is 0.357 e. The molecule has 142 valence electrons. The minimum absolute atomic E-state index is 0.0959. The van der Waals surface area contributed by atoms with Gasteiger partial charge in [-0.15, -0.1) is 0 Å². The van der Waals surface area contributed by atoms with E-state index in [1.54, 1.807) is 25.1 Å². The van der Waals surface area contributed by atoms with Gasteiger partial charge in [-0.2, -0.15) is 0 Å². The van der Waals surface area contributed by atoms with Crippen LogP contribution in [0, 0.1) is 10.1 Å². The fourth-order valence-electron chi connectivity index (χ4n) is 2.88. The normalized spacial score (nSPS) is 11.5. The van der Waals surface area contributed by atoms with Gasteiger partial charge in [0.1, 0.15) is 6.04 Å². The summed E-state index contributed by atoms with van der Waals surface area (Å²) in [5, 5.41) is 13.7. The van der Waals surface area contributed by atoms with E-state index in [9.17, 15) is 19.7 Å². The summed E-state index contributed by atoms with van der Waals surface area (Å²) in [6, 6.07) is 15.1. The van der Waals surface area contributed by atoms with Crippen LogP contribution < -0.4 is 5.32 Å². The highest BCUT2D eigenvalue weighted by atomic mass is 16.6. The van der Waals surface area contributed by atoms with Crippen molar-refractivity contribution in [3.8, 4) is 0 Å². The molecule has 1 unspecified atom stereocenters. The number of nitrogens with one attached hydrogen (secondary N) is 1. The van der Waals surface area contributed by atoms with Gasteiger partial charge < -0.3 is 10.2 Å². The molecule has 1 atom stereocenters. The van der Waals surface area contributed by atoms with Crippen LogP contribution in [0.4, 0.5) is 5.69 Å². The molecule has 0 aliphatic carbocycles.